The molecule has 0 radical (unpaired) electrons. The third-order valence-electron chi connectivity index (χ3n) is 6.90. The van der Waals surface area contributed by atoms with Crippen molar-refractivity contribution in [3.8, 4) is 17.2 Å². The van der Waals surface area contributed by atoms with E-state index in [0.29, 0.717) is 29.9 Å². The second kappa shape index (κ2) is 7.81. The number of anilines is 1. The van der Waals surface area contributed by atoms with Crippen LogP contribution in [0.25, 0.3) is 11.1 Å². The normalized spacial score (nSPS) is 27.6. The van der Waals surface area contributed by atoms with Gasteiger partial charge in [-0.15, -0.1) is 0 Å². The van der Waals surface area contributed by atoms with Crippen LogP contribution in [0.2, 0.25) is 0 Å². The molecule has 1 aliphatic carbocycles. The predicted molar refractivity (Wildman–Crippen MR) is 115 cm³/mol. The molecule has 3 aliphatic rings. The summed E-state index contributed by atoms with van der Waals surface area (Å²) in [5.74, 6) is -1.15. The summed E-state index contributed by atoms with van der Waals surface area (Å²) in [5.41, 5.74) is 0.415. The van der Waals surface area contributed by atoms with Crippen molar-refractivity contribution in [2.45, 2.75) is 18.4 Å². The number of carbonyl (C=O) groups excluding carboxylic acids is 2. The van der Waals surface area contributed by atoms with Gasteiger partial charge in [-0.2, -0.15) is 5.26 Å². The molecule has 1 saturated carbocycles. The fourth-order valence-corrected chi connectivity index (χ4v) is 5.19. The van der Waals surface area contributed by atoms with Gasteiger partial charge in [0, 0.05) is 43.0 Å². The van der Waals surface area contributed by atoms with Gasteiger partial charge in [-0.25, -0.2) is 13.6 Å². The van der Waals surface area contributed by atoms with E-state index in [2.05, 4.69) is 16.7 Å². The molecule has 9 heteroatoms. The highest BCUT2D eigenvalue weighted by atomic mass is 19.1. The largest absolute Gasteiger partial charge is 0.442 e. The molecule has 2 N–H and O–H groups in total. The van der Waals surface area contributed by atoms with Crippen molar-refractivity contribution in [2.75, 3.05) is 31.1 Å². The number of benzene rings is 2. The van der Waals surface area contributed by atoms with E-state index in [1.165, 1.54) is 30.0 Å². The molecule has 2 saturated heterocycles. The molecule has 2 aliphatic heterocycles. The molecule has 2 aromatic rings. The van der Waals surface area contributed by atoms with Crippen molar-refractivity contribution in [3.05, 3.63) is 53.6 Å². The fraction of sp³-hybridized carbons (Fsp3) is 0.375. The fourth-order valence-electron chi connectivity index (χ4n) is 5.19. The molecule has 2 aromatic carbocycles. The zero-order chi connectivity index (χ0) is 23.3. The molecule has 2 amide bonds. The van der Waals surface area contributed by atoms with E-state index in [1.54, 1.807) is 18.2 Å². The van der Waals surface area contributed by atoms with Crippen LogP contribution < -0.4 is 15.5 Å². The van der Waals surface area contributed by atoms with Gasteiger partial charge in [-0.3, -0.25) is 9.69 Å². The summed E-state index contributed by atoms with van der Waals surface area (Å²) in [6, 6.07) is 11.1. The monoisotopic (exact) mass is 452 g/mol. The van der Waals surface area contributed by atoms with Gasteiger partial charge in [0.2, 0.25) is 5.91 Å². The molecular formula is C24H22F2N4O3. The first kappa shape index (κ1) is 21.3. The van der Waals surface area contributed by atoms with E-state index in [0.717, 1.165) is 0 Å². The number of nitriles is 1. The van der Waals surface area contributed by atoms with Crippen molar-refractivity contribution in [1.82, 2.24) is 10.6 Å². The minimum absolute atomic E-state index is 0.105. The molecule has 1 unspecified atom stereocenters. The molecule has 170 valence electrons. The van der Waals surface area contributed by atoms with E-state index in [4.69, 9.17) is 4.74 Å². The van der Waals surface area contributed by atoms with Crippen molar-refractivity contribution in [2.24, 2.45) is 11.8 Å². The van der Waals surface area contributed by atoms with Crippen LogP contribution in [0.3, 0.4) is 0 Å². The molecule has 5 rings (SSSR count). The molecule has 0 aromatic heterocycles. The Morgan fingerprint density at radius 1 is 1.24 bits per heavy atom. The smallest absolute Gasteiger partial charge is 0.414 e. The average Bonchev–Trinajstić information content (AvgIpc) is 3.11. The lowest BCUT2D eigenvalue weighted by Gasteiger charge is -2.17. The third kappa shape index (κ3) is 3.42. The Balaban J connectivity index is 1.36. The van der Waals surface area contributed by atoms with Crippen LogP contribution >= 0.6 is 0 Å². The van der Waals surface area contributed by atoms with Gasteiger partial charge < -0.3 is 15.4 Å². The van der Waals surface area contributed by atoms with Gasteiger partial charge in [0.25, 0.3) is 0 Å². The third-order valence-corrected chi connectivity index (χ3v) is 6.90. The molecular weight excluding hydrogens is 430 g/mol. The molecule has 4 atom stereocenters. The van der Waals surface area contributed by atoms with E-state index in [1.807, 2.05) is 0 Å². The summed E-state index contributed by atoms with van der Waals surface area (Å²) >= 11 is 0. The van der Waals surface area contributed by atoms with Gasteiger partial charge in [0.05, 0.1) is 30.3 Å². The molecule has 0 spiro atoms. The second-order valence-corrected chi connectivity index (χ2v) is 8.76. The second-order valence-electron chi connectivity index (χ2n) is 8.76. The van der Waals surface area contributed by atoms with E-state index in [-0.39, 0.29) is 36.4 Å². The Kier molecular flexibility index (Phi) is 5.05. The van der Waals surface area contributed by atoms with Gasteiger partial charge in [0.15, 0.2) is 0 Å². The summed E-state index contributed by atoms with van der Waals surface area (Å²) in [5, 5.41) is 15.5. The standard InChI is InChI=1S/C24H22F2N4O3/c1-13(31)29-8-16-11-30(23(32)33-16)15-3-4-17(21(25)7-15)14-2-5-18(22(26)6-14)24(12-27)19-9-28-10-20(19)24/h2-7,16,19-20,28H,8-11H2,1H3,(H,29,31)/t16-,19-,20+,24?/m0/s1. The highest BCUT2D eigenvalue weighted by Gasteiger charge is 2.68. The van der Waals surface area contributed by atoms with Crippen LogP contribution in [0.1, 0.15) is 12.5 Å². The van der Waals surface area contributed by atoms with Crippen molar-refractivity contribution < 1.29 is 23.1 Å². The van der Waals surface area contributed by atoms with Crippen LogP contribution in [-0.2, 0) is 14.9 Å². The first-order valence-corrected chi connectivity index (χ1v) is 10.8. The molecule has 7 nitrogen and oxygen atoms in total. The van der Waals surface area contributed by atoms with Gasteiger partial charge in [-0.05, 0) is 29.8 Å². The quantitative estimate of drug-likeness (QED) is 0.728. The van der Waals surface area contributed by atoms with Crippen molar-refractivity contribution in [1.29, 1.82) is 5.26 Å². The zero-order valence-electron chi connectivity index (χ0n) is 17.9. The van der Waals surface area contributed by atoms with E-state index >= 15 is 4.39 Å². The summed E-state index contributed by atoms with van der Waals surface area (Å²) in [4.78, 5) is 24.5. The van der Waals surface area contributed by atoms with Gasteiger partial charge in [0.1, 0.15) is 17.7 Å². The number of amides is 2. The van der Waals surface area contributed by atoms with Crippen molar-refractivity contribution in [3.63, 3.8) is 0 Å². The first-order chi connectivity index (χ1) is 15.8. The number of carbonyl (C=O) groups is 2. The number of hydrogen-bond acceptors (Lipinski definition) is 5. The maximum absolute atomic E-state index is 15.1. The highest BCUT2D eigenvalue weighted by molar-refractivity contribution is 5.90. The topological polar surface area (TPSA) is 94.5 Å². The maximum atomic E-state index is 15.1. The van der Waals surface area contributed by atoms with Gasteiger partial charge in [-0.1, -0.05) is 12.1 Å². The van der Waals surface area contributed by atoms with Crippen LogP contribution in [0, 0.1) is 34.8 Å². The number of halogens is 2. The van der Waals surface area contributed by atoms with Gasteiger partial charge >= 0.3 is 6.09 Å². The number of piperidine rings is 1. The van der Waals surface area contributed by atoms with Crippen molar-refractivity contribution >= 4 is 17.7 Å². The molecule has 3 fully saturated rings. The molecule has 2 heterocycles. The zero-order valence-corrected chi connectivity index (χ0v) is 17.9. The minimum Gasteiger partial charge on any atom is -0.442 e. The Morgan fingerprint density at radius 2 is 2.00 bits per heavy atom. The van der Waals surface area contributed by atoms with Crippen LogP contribution in [0.4, 0.5) is 19.3 Å². The van der Waals surface area contributed by atoms with Crippen LogP contribution in [-0.4, -0.2) is 44.3 Å². The first-order valence-electron chi connectivity index (χ1n) is 10.8. The Hall–Kier alpha value is -3.51. The molecule has 33 heavy (non-hydrogen) atoms. The Bertz CT molecular complexity index is 1180. The number of ether oxygens (including phenoxy) is 1. The Labute approximate surface area is 189 Å². The minimum atomic E-state index is -0.805. The van der Waals surface area contributed by atoms with E-state index in [9.17, 15) is 19.2 Å². The Morgan fingerprint density at radius 3 is 2.64 bits per heavy atom. The lowest BCUT2D eigenvalue weighted by atomic mass is 9.89. The maximum Gasteiger partial charge on any atom is 0.414 e. The number of nitrogens with zero attached hydrogens (tertiary/aromatic N) is 2. The number of fused-ring (bicyclic) bond motifs is 1. The van der Waals surface area contributed by atoms with Crippen LogP contribution in [0.15, 0.2) is 36.4 Å². The summed E-state index contributed by atoms with van der Waals surface area (Å²) < 4.78 is 35.2. The summed E-state index contributed by atoms with van der Waals surface area (Å²) in [6.07, 6.45) is -1.16. The number of rotatable bonds is 5. The predicted octanol–water partition coefficient (Wildman–Crippen LogP) is 2.70. The molecule has 0 bridgehead atoms. The number of cyclic esters (lactones) is 1. The van der Waals surface area contributed by atoms with Crippen LogP contribution in [0.5, 0.6) is 0 Å². The summed E-state index contributed by atoms with van der Waals surface area (Å²) in [6.45, 7) is 3.10. The SMILES string of the molecule is CC(=O)NC[C@H]1CN(c2ccc(-c3ccc(C4(C#N)[C@@H]5CNC[C@@H]54)c(F)c3)c(F)c2)C(=O)O1. The lowest BCUT2D eigenvalue weighted by Crippen LogP contribution is -2.33. The van der Waals surface area contributed by atoms with E-state index < -0.39 is 29.2 Å². The number of nitrogens with one attached hydrogen (secondary N) is 2. The summed E-state index contributed by atoms with van der Waals surface area (Å²) in [7, 11) is 0. The highest BCUT2D eigenvalue weighted by Crippen LogP contribution is 2.61. The number of hydrogen-bond donors (Lipinski definition) is 2. The average molecular weight is 452 g/mol. The lowest BCUT2D eigenvalue weighted by molar-refractivity contribution is -0.119.